The first-order chi connectivity index (χ1) is 11.0. The highest BCUT2D eigenvalue weighted by molar-refractivity contribution is 5.10. The summed E-state index contributed by atoms with van der Waals surface area (Å²) in [6, 6.07) is 0. The van der Waals surface area contributed by atoms with E-state index in [-0.39, 0.29) is 0 Å². The van der Waals surface area contributed by atoms with Gasteiger partial charge in [0.2, 0.25) is 0 Å². The monoisotopic (exact) mass is 320 g/mol. The quantitative estimate of drug-likeness (QED) is 0.708. The van der Waals surface area contributed by atoms with Gasteiger partial charge in [-0.2, -0.15) is 0 Å². The smallest absolute Gasteiger partial charge is 0.0612 e. The van der Waals surface area contributed by atoms with Crippen LogP contribution in [0.3, 0.4) is 0 Å². The Hall–Kier alpha value is -0.0800. The van der Waals surface area contributed by atoms with Crippen molar-refractivity contribution in [1.29, 1.82) is 0 Å². The molecule has 23 heavy (non-hydrogen) atoms. The van der Waals surface area contributed by atoms with E-state index < -0.39 is 0 Å². The lowest BCUT2D eigenvalue weighted by Gasteiger charge is -2.62. The Morgan fingerprint density at radius 2 is 1.65 bits per heavy atom. The average Bonchev–Trinajstić information content (AvgIpc) is 2.94. The molecule has 0 aromatic heterocycles. The summed E-state index contributed by atoms with van der Waals surface area (Å²) in [4.78, 5) is 0. The minimum absolute atomic E-state index is 0.437. The van der Waals surface area contributed by atoms with Crippen LogP contribution in [0.2, 0.25) is 0 Å². The van der Waals surface area contributed by atoms with E-state index in [1.54, 1.807) is 0 Å². The van der Waals surface area contributed by atoms with Gasteiger partial charge in [-0.1, -0.05) is 20.3 Å². The molecule has 0 heterocycles. The van der Waals surface area contributed by atoms with Crippen molar-refractivity contribution < 1.29 is 9.47 Å². The van der Waals surface area contributed by atoms with Crippen LogP contribution in [0.5, 0.6) is 0 Å². The van der Waals surface area contributed by atoms with Gasteiger partial charge in [-0.05, 0) is 85.9 Å². The maximum atomic E-state index is 6.18. The molecule has 132 valence electrons. The number of rotatable bonds is 2. The summed E-state index contributed by atoms with van der Waals surface area (Å²) >= 11 is 0. The molecule has 0 aromatic rings. The van der Waals surface area contributed by atoms with Crippen molar-refractivity contribution in [3.63, 3.8) is 0 Å². The number of methoxy groups -OCH3 is 2. The zero-order chi connectivity index (χ0) is 16.2. The number of ether oxygens (including phenoxy) is 2. The van der Waals surface area contributed by atoms with Crippen molar-refractivity contribution in [2.45, 2.75) is 83.8 Å². The topological polar surface area (TPSA) is 18.5 Å². The Kier molecular flexibility index (Phi) is 4.08. The second kappa shape index (κ2) is 5.73. The highest BCUT2D eigenvalue weighted by atomic mass is 16.5. The van der Waals surface area contributed by atoms with E-state index in [1.807, 2.05) is 14.2 Å². The molecule has 0 saturated heterocycles. The lowest BCUT2D eigenvalue weighted by molar-refractivity contribution is -0.184. The van der Waals surface area contributed by atoms with Gasteiger partial charge in [-0.3, -0.25) is 0 Å². The fourth-order valence-electron chi connectivity index (χ4n) is 7.83. The lowest BCUT2D eigenvalue weighted by Crippen LogP contribution is -2.59. The molecule has 4 saturated carbocycles. The van der Waals surface area contributed by atoms with E-state index in [4.69, 9.17) is 9.47 Å². The van der Waals surface area contributed by atoms with E-state index >= 15 is 0 Å². The minimum Gasteiger partial charge on any atom is -0.381 e. The van der Waals surface area contributed by atoms with Crippen molar-refractivity contribution in [2.24, 2.45) is 34.5 Å². The Morgan fingerprint density at radius 3 is 2.39 bits per heavy atom. The first kappa shape index (κ1) is 16.4. The molecule has 0 spiro atoms. The highest BCUT2D eigenvalue weighted by Crippen LogP contribution is 2.66. The van der Waals surface area contributed by atoms with E-state index in [0.717, 1.165) is 23.7 Å². The number of fused-ring (bicyclic) bond motifs is 5. The van der Waals surface area contributed by atoms with Crippen LogP contribution < -0.4 is 0 Å². The third-order valence-corrected chi connectivity index (χ3v) is 8.89. The van der Waals surface area contributed by atoms with Crippen molar-refractivity contribution in [3.05, 3.63) is 0 Å². The summed E-state index contributed by atoms with van der Waals surface area (Å²) in [6.45, 7) is 5.17. The van der Waals surface area contributed by atoms with Crippen LogP contribution in [0, 0.1) is 34.5 Å². The van der Waals surface area contributed by atoms with Crippen LogP contribution in [0.4, 0.5) is 0 Å². The molecule has 0 aromatic carbocycles. The molecule has 0 radical (unpaired) electrons. The standard InChI is InChI=1S/C21H36O2/c1-20-11-5-6-17(20)16-10-8-14-7-9-15(22-3)12-21(14,2)19(16)18(13-20)23-4/h14-19H,5-13H2,1-4H3. The predicted molar refractivity (Wildman–Crippen MR) is 93.3 cm³/mol. The van der Waals surface area contributed by atoms with Gasteiger partial charge in [0.05, 0.1) is 12.2 Å². The van der Waals surface area contributed by atoms with Gasteiger partial charge >= 0.3 is 0 Å². The Morgan fingerprint density at radius 1 is 0.870 bits per heavy atom. The molecule has 0 bridgehead atoms. The molecule has 4 fully saturated rings. The van der Waals surface area contributed by atoms with Crippen molar-refractivity contribution in [1.82, 2.24) is 0 Å². The molecule has 4 aliphatic rings. The second-order valence-electron chi connectivity index (χ2n) is 9.74. The average molecular weight is 321 g/mol. The molecular weight excluding hydrogens is 284 g/mol. The number of hydrogen-bond acceptors (Lipinski definition) is 2. The fourth-order valence-corrected chi connectivity index (χ4v) is 7.83. The zero-order valence-corrected chi connectivity index (χ0v) is 15.6. The minimum atomic E-state index is 0.437. The summed E-state index contributed by atoms with van der Waals surface area (Å²) in [7, 11) is 3.89. The van der Waals surface area contributed by atoms with Crippen LogP contribution in [0.15, 0.2) is 0 Å². The van der Waals surface area contributed by atoms with E-state index in [1.165, 1.54) is 57.8 Å². The normalized spacial score (nSPS) is 55.8. The third kappa shape index (κ3) is 2.34. The molecule has 0 N–H and O–H groups in total. The van der Waals surface area contributed by atoms with Crippen molar-refractivity contribution >= 4 is 0 Å². The van der Waals surface area contributed by atoms with Crippen LogP contribution in [-0.2, 0) is 9.47 Å². The molecule has 4 rings (SSSR count). The van der Waals surface area contributed by atoms with Crippen molar-refractivity contribution in [3.8, 4) is 0 Å². The Bertz CT molecular complexity index is 449. The van der Waals surface area contributed by atoms with Gasteiger partial charge in [-0.25, -0.2) is 0 Å². The van der Waals surface area contributed by atoms with Gasteiger partial charge in [0, 0.05) is 14.2 Å². The van der Waals surface area contributed by atoms with Gasteiger partial charge in [0.25, 0.3) is 0 Å². The summed E-state index contributed by atoms with van der Waals surface area (Å²) in [5, 5.41) is 0. The van der Waals surface area contributed by atoms with E-state index in [9.17, 15) is 0 Å². The van der Waals surface area contributed by atoms with Crippen molar-refractivity contribution in [2.75, 3.05) is 14.2 Å². The predicted octanol–water partition coefficient (Wildman–Crippen LogP) is 5.06. The highest BCUT2D eigenvalue weighted by Gasteiger charge is 2.61. The molecule has 8 atom stereocenters. The summed E-state index contributed by atoms with van der Waals surface area (Å²) in [5.41, 5.74) is 0.993. The lowest BCUT2D eigenvalue weighted by atomic mass is 9.44. The molecule has 8 unspecified atom stereocenters. The van der Waals surface area contributed by atoms with Crippen LogP contribution in [0.25, 0.3) is 0 Å². The molecule has 0 aliphatic heterocycles. The van der Waals surface area contributed by atoms with Crippen LogP contribution >= 0.6 is 0 Å². The molecule has 0 amide bonds. The van der Waals surface area contributed by atoms with Gasteiger partial charge in [-0.15, -0.1) is 0 Å². The fraction of sp³-hybridized carbons (Fsp3) is 1.00. The largest absolute Gasteiger partial charge is 0.381 e. The SMILES string of the molecule is COC1CCC2CCC3C4CCCC4(C)CC(OC)C3C2(C)C1. The molecule has 2 heteroatoms. The maximum Gasteiger partial charge on any atom is 0.0612 e. The molecular formula is C21H36O2. The number of hydrogen-bond donors (Lipinski definition) is 0. The van der Waals surface area contributed by atoms with Crippen LogP contribution in [-0.4, -0.2) is 26.4 Å². The molecule has 4 aliphatic carbocycles. The van der Waals surface area contributed by atoms with E-state index in [2.05, 4.69) is 13.8 Å². The maximum absolute atomic E-state index is 6.18. The summed E-state index contributed by atoms with van der Waals surface area (Å²) < 4.78 is 12.0. The Balaban J connectivity index is 1.69. The zero-order valence-electron chi connectivity index (χ0n) is 15.6. The third-order valence-electron chi connectivity index (χ3n) is 8.89. The van der Waals surface area contributed by atoms with Gasteiger partial charge in [0.15, 0.2) is 0 Å². The summed E-state index contributed by atoms with van der Waals surface area (Å²) in [5.74, 6) is 3.52. The van der Waals surface area contributed by atoms with E-state index in [0.29, 0.717) is 23.0 Å². The first-order valence-corrected chi connectivity index (χ1v) is 10.1. The second-order valence-corrected chi connectivity index (χ2v) is 9.74. The summed E-state index contributed by atoms with van der Waals surface area (Å²) in [6.07, 6.45) is 13.4. The molecule has 2 nitrogen and oxygen atoms in total. The Labute approximate surface area is 142 Å². The van der Waals surface area contributed by atoms with Gasteiger partial charge < -0.3 is 9.47 Å². The van der Waals surface area contributed by atoms with Crippen LogP contribution in [0.1, 0.15) is 71.6 Å². The first-order valence-electron chi connectivity index (χ1n) is 10.1. The van der Waals surface area contributed by atoms with Gasteiger partial charge in [0.1, 0.15) is 0 Å².